The minimum absolute atomic E-state index is 0.0354. The molecule has 0 spiro atoms. The Bertz CT molecular complexity index is 822. The van der Waals surface area contributed by atoms with E-state index in [4.69, 9.17) is 4.52 Å². The Morgan fingerprint density at radius 1 is 1.09 bits per heavy atom. The van der Waals surface area contributed by atoms with E-state index in [0.29, 0.717) is 12.4 Å². The van der Waals surface area contributed by atoms with Crippen LogP contribution < -0.4 is 5.32 Å². The third-order valence-corrected chi connectivity index (χ3v) is 3.46. The smallest absolute Gasteiger partial charge is 0.292 e. The number of nitrogens with one attached hydrogen (secondary N) is 1. The second-order valence-electron chi connectivity index (χ2n) is 5.46. The number of hydrogen-bond acceptors (Lipinski definition) is 4. The van der Waals surface area contributed by atoms with Crippen molar-refractivity contribution >= 4 is 5.91 Å². The molecular weight excluding hydrogens is 290 g/mol. The first kappa shape index (κ1) is 15.0. The van der Waals surface area contributed by atoms with Crippen LogP contribution in [0.4, 0.5) is 0 Å². The lowest BCUT2D eigenvalue weighted by molar-refractivity contribution is 0.0937. The predicted octanol–water partition coefficient (Wildman–Crippen LogP) is 3.28. The van der Waals surface area contributed by atoms with Gasteiger partial charge in [-0.05, 0) is 31.5 Å². The minimum atomic E-state index is -0.353. The first-order chi connectivity index (χ1) is 11.1. The lowest BCUT2D eigenvalue weighted by Crippen LogP contribution is -2.23. The molecule has 116 valence electrons. The highest BCUT2D eigenvalue weighted by atomic mass is 16.5. The predicted molar refractivity (Wildman–Crippen MR) is 86.8 cm³/mol. The second kappa shape index (κ2) is 6.44. The summed E-state index contributed by atoms with van der Waals surface area (Å²) in [7, 11) is 0. The Hall–Kier alpha value is -2.95. The molecule has 1 amide bonds. The first-order valence-electron chi connectivity index (χ1n) is 7.36. The highest BCUT2D eigenvalue weighted by molar-refractivity contribution is 5.90. The Labute approximate surface area is 134 Å². The molecule has 23 heavy (non-hydrogen) atoms. The average molecular weight is 307 g/mol. The standard InChI is InChI=1S/C18H17N3O2/c1-12-6-8-15(9-7-12)18-20-16(21-23-18)17(22)19-11-14-5-3-4-13(2)10-14/h3-10H,11H2,1-2H3,(H,19,22). The number of amides is 1. The molecule has 0 bridgehead atoms. The summed E-state index contributed by atoms with van der Waals surface area (Å²) >= 11 is 0. The van der Waals surface area contributed by atoms with Crippen LogP contribution in [0.25, 0.3) is 11.5 Å². The lowest BCUT2D eigenvalue weighted by Gasteiger charge is -2.03. The molecule has 0 aliphatic carbocycles. The summed E-state index contributed by atoms with van der Waals surface area (Å²) in [5.41, 5.74) is 4.11. The van der Waals surface area contributed by atoms with Crippen LogP contribution in [0.1, 0.15) is 27.3 Å². The van der Waals surface area contributed by atoms with Gasteiger partial charge in [0.1, 0.15) is 0 Å². The van der Waals surface area contributed by atoms with Crippen molar-refractivity contribution in [3.05, 3.63) is 71.0 Å². The van der Waals surface area contributed by atoms with E-state index in [2.05, 4.69) is 15.5 Å². The number of benzene rings is 2. The largest absolute Gasteiger partial charge is 0.345 e. The van der Waals surface area contributed by atoms with Gasteiger partial charge in [-0.3, -0.25) is 4.79 Å². The van der Waals surface area contributed by atoms with Crippen molar-refractivity contribution in [3.63, 3.8) is 0 Å². The molecule has 0 unspecified atom stereocenters. The van der Waals surface area contributed by atoms with Crippen LogP contribution in [-0.4, -0.2) is 16.0 Å². The summed E-state index contributed by atoms with van der Waals surface area (Å²) in [6.45, 7) is 4.44. The fourth-order valence-electron chi connectivity index (χ4n) is 2.21. The highest BCUT2D eigenvalue weighted by Crippen LogP contribution is 2.17. The van der Waals surface area contributed by atoms with Gasteiger partial charge in [-0.2, -0.15) is 4.98 Å². The molecule has 3 rings (SSSR count). The third-order valence-electron chi connectivity index (χ3n) is 3.46. The van der Waals surface area contributed by atoms with E-state index in [1.54, 1.807) is 0 Å². The van der Waals surface area contributed by atoms with Crippen LogP contribution >= 0.6 is 0 Å². The summed E-state index contributed by atoms with van der Waals surface area (Å²) in [5, 5.41) is 6.54. The monoisotopic (exact) mass is 307 g/mol. The highest BCUT2D eigenvalue weighted by Gasteiger charge is 2.15. The minimum Gasteiger partial charge on any atom is -0.345 e. The number of carbonyl (C=O) groups excluding carboxylic acids is 1. The summed E-state index contributed by atoms with van der Waals surface area (Å²) < 4.78 is 5.16. The molecule has 1 aromatic heterocycles. The van der Waals surface area contributed by atoms with Crippen LogP contribution in [0.5, 0.6) is 0 Å². The van der Waals surface area contributed by atoms with Gasteiger partial charge in [-0.1, -0.05) is 52.7 Å². The molecule has 5 nitrogen and oxygen atoms in total. The van der Waals surface area contributed by atoms with Gasteiger partial charge >= 0.3 is 0 Å². The molecule has 0 aliphatic heterocycles. The third kappa shape index (κ3) is 3.63. The number of aryl methyl sites for hydroxylation is 2. The molecule has 2 aromatic carbocycles. The van der Waals surface area contributed by atoms with Crippen molar-refractivity contribution in [1.29, 1.82) is 0 Å². The summed E-state index contributed by atoms with van der Waals surface area (Å²) in [4.78, 5) is 16.3. The Morgan fingerprint density at radius 3 is 2.61 bits per heavy atom. The van der Waals surface area contributed by atoms with Crippen LogP contribution in [-0.2, 0) is 6.54 Å². The number of hydrogen-bond donors (Lipinski definition) is 1. The molecule has 0 radical (unpaired) electrons. The lowest BCUT2D eigenvalue weighted by atomic mass is 10.1. The number of nitrogens with zero attached hydrogens (tertiary/aromatic N) is 2. The SMILES string of the molecule is Cc1ccc(-c2nc(C(=O)NCc3cccc(C)c3)no2)cc1. The van der Waals surface area contributed by atoms with Gasteiger partial charge in [-0.15, -0.1) is 0 Å². The van der Waals surface area contributed by atoms with Crippen LogP contribution in [0.3, 0.4) is 0 Å². The Balaban J connectivity index is 1.67. The van der Waals surface area contributed by atoms with E-state index >= 15 is 0 Å². The van der Waals surface area contributed by atoms with E-state index in [9.17, 15) is 4.79 Å². The fourth-order valence-corrected chi connectivity index (χ4v) is 2.21. The topological polar surface area (TPSA) is 68.0 Å². The van der Waals surface area contributed by atoms with Gasteiger partial charge in [0.2, 0.25) is 0 Å². The molecule has 0 aliphatic rings. The van der Waals surface area contributed by atoms with Gasteiger partial charge in [0.05, 0.1) is 0 Å². The summed E-state index contributed by atoms with van der Waals surface area (Å²) in [6, 6.07) is 15.6. The molecule has 0 atom stereocenters. The van der Waals surface area contributed by atoms with E-state index < -0.39 is 0 Å². The maximum Gasteiger partial charge on any atom is 0.292 e. The van der Waals surface area contributed by atoms with Crippen LogP contribution in [0, 0.1) is 13.8 Å². The van der Waals surface area contributed by atoms with Crippen LogP contribution in [0.2, 0.25) is 0 Å². The molecule has 3 aromatic rings. The molecule has 0 saturated heterocycles. The van der Waals surface area contributed by atoms with Crippen molar-refractivity contribution in [2.24, 2.45) is 0 Å². The van der Waals surface area contributed by atoms with Gasteiger partial charge in [0, 0.05) is 12.1 Å². The van der Waals surface area contributed by atoms with Gasteiger partial charge in [-0.25, -0.2) is 0 Å². The zero-order chi connectivity index (χ0) is 16.2. The summed E-state index contributed by atoms with van der Waals surface area (Å²) in [5.74, 6) is 0.0209. The van der Waals surface area contributed by atoms with E-state index in [-0.39, 0.29) is 11.7 Å². The van der Waals surface area contributed by atoms with Crippen molar-refractivity contribution in [2.45, 2.75) is 20.4 Å². The maximum absolute atomic E-state index is 12.1. The van der Waals surface area contributed by atoms with Crippen molar-refractivity contribution < 1.29 is 9.32 Å². The summed E-state index contributed by atoms with van der Waals surface area (Å²) in [6.07, 6.45) is 0. The fraction of sp³-hybridized carbons (Fsp3) is 0.167. The quantitative estimate of drug-likeness (QED) is 0.803. The van der Waals surface area contributed by atoms with Gasteiger partial charge < -0.3 is 9.84 Å². The maximum atomic E-state index is 12.1. The zero-order valence-corrected chi connectivity index (χ0v) is 13.0. The number of carbonyl (C=O) groups is 1. The Morgan fingerprint density at radius 2 is 1.87 bits per heavy atom. The van der Waals surface area contributed by atoms with Gasteiger partial charge in [0.15, 0.2) is 0 Å². The molecule has 5 heteroatoms. The van der Waals surface area contributed by atoms with Crippen molar-refractivity contribution in [2.75, 3.05) is 0 Å². The van der Waals surface area contributed by atoms with Crippen LogP contribution in [0.15, 0.2) is 53.1 Å². The molecule has 1 heterocycles. The first-order valence-corrected chi connectivity index (χ1v) is 7.36. The van der Waals surface area contributed by atoms with Crippen molar-refractivity contribution in [3.8, 4) is 11.5 Å². The molecule has 0 saturated carbocycles. The Kier molecular flexibility index (Phi) is 4.19. The number of aromatic nitrogens is 2. The zero-order valence-electron chi connectivity index (χ0n) is 13.0. The van der Waals surface area contributed by atoms with Gasteiger partial charge in [0.25, 0.3) is 17.6 Å². The van der Waals surface area contributed by atoms with Crippen molar-refractivity contribution in [1.82, 2.24) is 15.5 Å². The van der Waals surface area contributed by atoms with E-state index in [0.717, 1.165) is 22.3 Å². The molecule has 0 fully saturated rings. The van der Waals surface area contributed by atoms with E-state index in [1.165, 1.54) is 0 Å². The number of rotatable bonds is 4. The average Bonchev–Trinajstić information content (AvgIpc) is 3.03. The molecule has 1 N–H and O–H groups in total. The second-order valence-corrected chi connectivity index (χ2v) is 5.46. The van der Waals surface area contributed by atoms with E-state index in [1.807, 2.05) is 62.4 Å². The molecular formula is C18H17N3O2. The normalized spacial score (nSPS) is 10.5.